The Hall–Kier alpha value is -1.60. The highest BCUT2D eigenvalue weighted by Gasteiger charge is 2.19. The van der Waals surface area contributed by atoms with E-state index in [-0.39, 0.29) is 0 Å². The first-order valence-electron chi connectivity index (χ1n) is 8.30. The lowest BCUT2D eigenvalue weighted by Gasteiger charge is -2.26. The summed E-state index contributed by atoms with van der Waals surface area (Å²) in [6, 6.07) is 15.8. The van der Waals surface area contributed by atoms with Gasteiger partial charge in [-0.2, -0.15) is 0 Å². The summed E-state index contributed by atoms with van der Waals surface area (Å²) in [5, 5.41) is 6.51. The molecule has 1 unspecified atom stereocenters. The van der Waals surface area contributed by atoms with Crippen LogP contribution in [0.3, 0.4) is 0 Å². The molecular formula is C20H25N. The van der Waals surface area contributed by atoms with Crippen LogP contribution in [0.1, 0.15) is 50.6 Å². The van der Waals surface area contributed by atoms with Crippen LogP contribution in [-0.2, 0) is 0 Å². The van der Waals surface area contributed by atoms with Crippen LogP contribution in [0.25, 0.3) is 10.8 Å². The average molecular weight is 279 g/mol. The van der Waals surface area contributed by atoms with E-state index < -0.39 is 0 Å². The quantitative estimate of drug-likeness (QED) is 0.724. The van der Waals surface area contributed by atoms with E-state index in [9.17, 15) is 0 Å². The van der Waals surface area contributed by atoms with Crippen LogP contribution in [0.4, 0.5) is 0 Å². The Balaban J connectivity index is 2.03. The van der Waals surface area contributed by atoms with E-state index in [2.05, 4.69) is 60.8 Å². The summed E-state index contributed by atoms with van der Waals surface area (Å²) in [6.45, 7) is 3.31. The van der Waals surface area contributed by atoms with Gasteiger partial charge in [-0.1, -0.05) is 61.0 Å². The van der Waals surface area contributed by atoms with Crippen molar-refractivity contribution in [1.82, 2.24) is 5.32 Å². The number of allylic oxidation sites excluding steroid dienone is 1. The van der Waals surface area contributed by atoms with E-state index in [4.69, 9.17) is 0 Å². The van der Waals surface area contributed by atoms with Crippen molar-refractivity contribution in [2.75, 3.05) is 6.54 Å². The van der Waals surface area contributed by atoms with Crippen LogP contribution in [0.2, 0.25) is 0 Å². The molecule has 21 heavy (non-hydrogen) atoms. The van der Waals surface area contributed by atoms with Gasteiger partial charge < -0.3 is 5.32 Å². The molecule has 0 spiro atoms. The second kappa shape index (κ2) is 6.91. The van der Waals surface area contributed by atoms with Crippen molar-refractivity contribution in [1.29, 1.82) is 0 Å². The van der Waals surface area contributed by atoms with Gasteiger partial charge in [-0.15, -0.1) is 0 Å². The molecule has 1 aliphatic rings. The summed E-state index contributed by atoms with van der Waals surface area (Å²) in [5.41, 5.74) is 3.03. The number of benzene rings is 2. The average Bonchev–Trinajstić information content (AvgIpc) is 2.56. The monoisotopic (exact) mass is 279 g/mol. The lowest BCUT2D eigenvalue weighted by molar-refractivity contribution is 0.549. The fourth-order valence-electron chi connectivity index (χ4n) is 3.36. The molecule has 0 amide bonds. The smallest absolute Gasteiger partial charge is 0.0542 e. The van der Waals surface area contributed by atoms with Crippen LogP contribution in [-0.4, -0.2) is 6.54 Å². The predicted molar refractivity (Wildman–Crippen MR) is 91.5 cm³/mol. The van der Waals surface area contributed by atoms with Gasteiger partial charge in [-0.05, 0) is 55.0 Å². The Morgan fingerprint density at radius 2 is 1.90 bits per heavy atom. The zero-order chi connectivity index (χ0) is 14.5. The zero-order valence-electron chi connectivity index (χ0n) is 12.9. The number of fused-ring (bicyclic) bond motifs is 1. The van der Waals surface area contributed by atoms with Gasteiger partial charge in [0.25, 0.3) is 0 Å². The van der Waals surface area contributed by atoms with Crippen LogP contribution in [0.5, 0.6) is 0 Å². The minimum Gasteiger partial charge on any atom is -0.307 e. The van der Waals surface area contributed by atoms with Gasteiger partial charge >= 0.3 is 0 Å². The number of rotatable bonds is 5. The summed E-state index contributed by atoms with van der Waals surface area (Å²) in [4.78, 5) is 0. The summed E-state index contributed by atoms with van der Waals surface area (Å²) in [6.07, 6.45) is 8.81. The normalized spacial score (nSPS) is 16.7. The SMILES string of the molecule is CCCNC(C1=CCCCC1)c1cccc2ccccc12. The van der Waals surface area contributed by atoms with E-state index in [0.717, 1.165) is 6.54 Å². The maximum atomic E-state index is 3.78. The number of hydrogen-bond donors (Lipinski definition) is 1. The Morgan fingerprint density at radius 1 is 1.05 bits per heavy atom. The van der Waals surface area contributed by atoms with Gasteiger partial charge in [-0.3, -0.25) is 0 Å². The van der Waals surface area contributed by atoms with Crippen molar-refractivity contribution in [3.05, 3.63) is 59.7 Å². The molecule has 1 heteroatoms. The van der Waals surface area contributed by atoms with E-state index in [0.29, 0.717) is 6.04 Å². The largest absolute Gasteiger partial charge is 0.307 e. The van der Waals surface area contributed by atoms with Crippen molar-refractivity contribution >= 4 is 10.8 Å². The van der Waals surface area contributed by atoms with Crippen LogP contribution >= 0.6 is 0 Å². The first-order chi connectivity index (χ1) is 10.4. The molecule has 0 bridgehead atoms. The molecule has 3 rings (SSSR count). The minimum absolute atomic E-state index is 0.386. The molecule has 1 nitrogen and oxygen atoms in total. The molecule has 2 aromatic rings. The lowest BCUT2D eigenvalue weighted by atomic mass is 9.87. The Bertz CT molecular complexity index is 621. The van der Waals surface area contributed by atoms with Crippen molar-refractivity contribution in [2.24, 2.45) is 0 Å². The lowest BCUT2D eigenvalue weighted by Crippen LogP contribution is -2.25. The maximum Gasteiger partial charge on any atom is 0.0542 e. The third kappa shape index (κ3) is 3.19. The molecule has 1 atom stereocenters. The molecule has 0 aliphatic heterocycles. The highest BCUT2D eigenvalue weighted by atomic mass is 14.9. The van der Waals surface area contributed by atoms with Crippen molar-refractivity contribution < 1.29 is 0 Å². The Morgan fingerprint density at radius 3 is 2.71 bits per heavy atom. The zero-order valence-corrected chi connectivity index (χ0v) is 12.9. The molecule has 1 N–H and O–H groups in total. The van der Waals surface area contributed by atoms with Crippen LogP contribution in [0.15, 0.2) is 54.1 Å². The van der Waals surface area contributed by atoms with Gasteiger partial charge in [0.1, 0.15) is 0 Å². The van der Waals surface area contributed by atoms with E-state index in [1.807, 2.05) is 0 Å². The Kier molecular flexibility index (Phi) is 4.72. The summed E-state index contributed by atoms with van der Waals surface area (Å²) in [5.74, 6) is 0. The van der Waals surface area contributed by atoms with E-state index >= 15 is 0 Å². The number of nitrogens with one attached hydrogen (secondary N) is 1. The molecule has 2 aromatic carbocycles. The molecule has 0 fully saturated rings. The third-order valence-corrected chi connectivity index (χ3v) is 4.43. The third-order valence-electron chi connectivity index (χ3n) is 4.43. The molecule has 1 aliphatic carbocycles. The molecule has 0 radical (unpaired) electrons. The first kappa shape index (κ1) is 14.3. The maximum absolute atomic E-state index is 3.78. The molecule has 0 saturated heterocycles. The molecule has 0 saturated carbocycles. The van der Waals surface area contributed by atoms with E-state index in [1.165, 1.54) is 48.4 Å². The van der Waals surface area contributed by atoms with Crippen LogP contribution < -0.4 is 5.32 Å². The minimum atomic E-state index is 0.386. The van der Waals surface area contributed by atoms with Gasteiger partial charge in [0.05, 0.1) is 6.04 Å². The van der Waals surface area contributed by atoms with Crippen LogP contribution in [0, 0.1) is 0 Å². The molecule has 0 heterocycles. The highest BCUT2D eigenvalue weighted by Crippen LogP contribution is 2.33. The second-order valence-corrected chi connectivity index (χ2v) is 5.98. The summed E-state index contributed by atoms with van der Waals surface area (Å²) >= 11 is 0. The molecular weight excluding hydrogens is 254 g/mol. The summed E-state index contributed by atoms with van der Waals surface area (Å²) < 4.78 is 0. The Labute approximate surface area is 128 Å². The molecule has 0 aromatic heterocycles. The molecule has 110 valence electrons. The number of hydrogen-bond acceptors (Lipinski definition) is 1. The van der Waals surface area contributed by atoms with Crippen molar-refractivity contribution in [2.45, 2.75) is 45.1 Å². The van der Waals surface area contributed by atoms with Crippen molar-refractivity contribution in [3.63, 3.8) is 0 Å². The van der Waals surface area contributed by atoms with Gasteiger partial charge in [-0.25, -0.2) is 0 Å². The fraction of sp³-hybridized carbons (Fsp3) is 0.400. The first-order valence-corrected chi connectivity index (χ1v) is 8.30. The van der Waals surface area contributed by atoms with Gasteiger partial charge in [0.2, 0.25) is 0 Å². The van der Waals surface area contributed by atoms with Gasteiger partial charge in [0.15, 0.2) is 0 Å². The topological polar surface area (TPSA) is 12.0 Å². The van der Waals surface area contributed by atoms with Crippen molar-refractivity contribution in [3.8, 4) is 0 Å². The van der Waals surface area contributed by atoms with E-state index in [1.54, 1.807) is 5.57 Å². The summed E-state index contributed by atoms with van der Waals surface area (Å²) in [7, 11) is 0. The standard InChI is InChI=1S/C20H25N/c1-2-15-21-20(17-10-4-3-5-11-17)19-14-8-12-16-9-6-7-13-18(16)19/h6-10,12-14,20-21H,2-5,11,15H2,1H3. The fourth-order valence-corrected chi connectivity index (χ4v) is 3.36. The highest BCUT2D eigenvalue weighted by molar-refractivity contribution is 5.86. The predicted octanol–water partition coefficient (Wildman–Crippen LogP) is 5.38. The second-order valence-electron chi connectivity index (χ2n) is 5.98. The van der Waals surface area contributed by atoms with Gasteiger partial charge in [0, 0.05) is 0 Å².